The summed E-state index contributed by atoms with van der Waals surface area (Å²) in [5, 5.41) is 2.60. The summed E-state index contributed by atoms with van der Waals surface area (Å²) in [5.41, 5.74) is 1.55. The Balaban J connectivity index is 1.81. The van der Waals surface area contributed by atoms with Crippen molar-refractivity contribution in [3.8, 4) is 5.75 Å². The lowest BCUT2D eigenvalue weighted by atomic mass is 10.1. The molecule has 2 aromatic carbocycles. The molecule has 148 valence electrons. The maximum Gasteiger partial charge on any atom is 0.573 e. The van der Waals surface area contributed by atoms with Gasteiger partial charge in [0, 0.05) is 29.9 Å². The molecular formula is C20H19F3N2O3. The predicted octanol–water partition coefficient (Wildman–Crippen LogP) is 4.64. The normalized spacial score (nSPS) is 14.1. The molecule has 1 aliphatic heterocycles. The summed E-state index contributed by atoms with van der Waals surface area (Å²) in [6.07, 6.45) is -2.67. The van der Waals surface area contributed by atoms with Crippen LogP contribution in [0.2, 0.25) is 0 Å². The van der Waals surface area contributed by atoms with Crippen LogP contribution in [-0.4, -0.2) is 31.1 Å². The SMILES string of the molecule is CC(=O)c1cc(N2CCCC2)ccc1NC(=O)c1cccc(OC(F)(F)F)c1. The third-order valence-corrected chi connectivity index (χ3v) is 4.43. The van der Waals surface area contributed by atoms with E-state index in [1.54, 1.807) is 12.1 Å². The average molecular weight is 392 g/mol. The quantitative estimate of drug-likeness (QED) is 0.753. The molecule has 5 nitrogen and oxygen atoms in total. The number of hydrogen-bond donors (Lipinski definition) is 1. The van der Waals surface area contributed by atoms with E-state index in [2.05, 4.69) is 15.0 Å². The number of anilines is 2. The van der Waals surface area contributed by atoms with Crippen LogP contribution >= 0.6 is 0 Å². The molecular weight excluding hydrogens is 373 g/mol. The number of rotatable bonds is 5. The molecule has 0 bridgehead atoms. The molecule has 8 heteroatoms. The topological polar surface area (TPSA) is 58.6 Å². The molecule has 1 saturated heterocycles. The number of halogens is 3. The van der Waals surface area contributed by atoms with Gasteiger partial charge in [-0.05, 0) is 56.2 Å². The van der Waals surface area contributed by atoms with E-state index in [4.69, 9.17) is 0 Å². The summed E-state index contributed by atoms with van der Waals surface area (Å²) in [6, 6.07) is 9.94. The first kappa shape index (κ1) is 19.7. The Hall–Kier alpha value is -3.03. The van der Waals surface area contributed by atoms with E-state index in [1.807, 2.05) is 6.07 Å². The number of amides is 1. The molecule has 1 aliphatic rings. The van der Waals surface area contributed by atoms with Gasteiger partial charge in [-0.25, -0.2) is 0 Å². The zero-order chi connectivity index (χ0) is 20.3. The zero-order valence-corrected chi connectivity index (χ0v) is 15.2. The molecule has 28 heavy (non-hydrogen) atoms. The molecule has 0 spiro atoms. The summed E-state index contributed by atoms with van der Waals surface area (Å²) < 4.78 is 40.9. The van der Waals surface area contributed by atoms with Crippen LogP contribution in [-0.2, 0) is 0 Å². The number of nitrogens with zero attached hydrogens (tertiary/aromatic N) is 1. The molecule has 0 unspecified atom stereocenters. The number of ether oxygens (including phenoxy) is 1. The second kappa shape index (κ2) is 7.92. The highest BCUT2D eigenvalue weighted by atomic mass is 19.4. The van der Waals surface area contributed by atoms with Crippen LogP contribution in [0.1, 0.15) is 40.5 Å². The summed E-state index contributed by atoms with van der Waals surface area (Å²) >= 11 is 0. The van der Waals surface area contributed by atoms with E-state index >= 15 is 0 Å². The maximum absolute atomic E-state index is 12.5. The van der Waals surface area contributed by atoms with Crippen LogP contribution in [0.3, 0.4) is 0 Å². The van der Waals surface area contributed by atoms with Gasteiger partial charge in [-0.2, -0.15) is 0 Å². The van der Waals surface area contributed by atoms with Crippen LogP contribution in [0.4, 0.5) is 24.5 Å². The molecule has 0 aliphatic carbocycles. The first-order valence-electron chi connectivity index (χ1n) is 8.80. The standard InChI is InChI=1S/C20H19F3N2O3/c1-13(26)17-12-15(25-9-2-3-10-25)7-8-18(17)24-19(27)14-5-4-6-16(11-14)28-20(21,22)23/h4-8,11-12H,2-3,9-10H2,1H3,(H,24,27). The Morgan fingerprint density at radius 2 is 1.79 bits per heavy atom. The van der Waals surface area contributed by atoms with Gasteiger partial charge in [0.05, 0.1) is 5.69 Å². The Bertz CT molecular complexity index is 891. The largest absolute Gasteiger partial charge is 0.573 e. The molecule has 0 atom stereocenters. The van der Waals surface area contributed by atoms with E-state index < -0.39 is 18.0 Å². The van der Waals surface area contributed by atoms with Gasteiger partial charge in [-0.15, -0.1) is 13.2 Å². The van der Waals surface area contributed by atoms with Crippen LogP contribution in [0, 0.1) is 0 Å². The van der Waals surface area contributed by atoms with E-state index in [1.165, 1.54) is 19.1 Å². The minimum Gasteiger partial charge on any atom is -0.406 e. The minimum atomic E-state index is -4.84. The molecule has 0 aromatic heterocycles. The third-order valence-electron chi connectivity index (χ3n) is 4.43. The Morgan fingerprint density at radius 3 is 2.43 bits per heavy atom. The fourth-order valence-corrected chi connectivity index (χ4v) is 3.13. The first-order valence-corrected chi connectivity index (χ1v) is 8.80. The number of hydrogen-bond acceptors (Lipinski definition) is 4. The molecule has 1 N–H and O–H groups in total. The predicted molar refractivity (Wildman–Crippen MR) is 99.0 cm³/mol. The summed E-state index contributed by atoms with van der Waals surface area (Å²) in [6.45, 7) is 3.22. The molecule has 0 radical (unpaired) electrons. The number of benzene rings is 2. The second-order valence-electron chi connectivity index (χ2n) is 6.51. The van der Waals surface area contributed by atoms with Gasteiger partial charge in [-0.1, -0.05) is 6.07 Å². The van der Waals surface area contributed by atoms with Crippen LogP contribution in [0.15, 0.2) is 42.5 Å². The maximum atomic E-state index is 12.5. The van der Waals surface area contributed by atoms with E-state index in [0.29, 0.717) is 11.3 Å². The highest BCUT2D eigenvalue weighted by Gasteiger charge is 2.31. The Kier molecular flexibility index (Phi) is 5.58. The lowest BCUT2D eigenvalue weighted by Gasteiger charge is -2.19. The number of ketones is 1. The second-order valence-corrected chi connectivity index (χ2v) is 6.51. The Labute approximate surface area is 160 Å². The van der Waals surface area contributed by atoms with Gasteiger partial charge in [0.2, 0.25) is 0 Å². The van der Waals surface area contributed by atoms with Gasteiger partial charge < -0.3 is 15.0 Å². The van der Waals surface area contributed by atoms with Crippen molar-refractivity contribution < 1.29 is 27.5 Å². The molecule has 1 fully saturated rings. The van der Waals surface area contributed by atoms with Gasteiger partial charge in [-0.3, -0.25) is 9.59 Å². The lowest BCUT2D eigenvalue weighted by molar-refractivity contribution is -0.274. The zero-order valence-electron chi connectivity index (χ0n) is 15.2. The van der Waals surface area contributed by atoms with Gasteiger partial charge in [0.15, 0.2) is 5.78 Å². The van der Waals surface area contributed by atoms with Crippen molar-refractivity contribution in [2.24, 2.45) is 0 Å². The summed E-state index contributed by atoms with van der Waals surface area (Å²) in [5.74, 6) is -1.34. The fraction of sp³-hybridized carbons (Fsp3) is 0.300. The van der Waals surface area contributed by atoms with Gasteiger partial charge >= 0.3 is 6.36 Å². The van der Waals surface area contributed by atoms with E-state index in [9.17, 15) is 22.8 Å². The highest BCUT2D eigenvalue weighted by Crippen LogP contribution is 2.28. The number of carbonyl (C=O) groups excluding carboxylic acids is 2. The van der Waals surface area contributed by atoms with Crippen molar-refractivity contribution >= 4 is 23.1 Å². The number of nitrogens with one attached hydrogen (secondary N) is 1. The van der Waals surface area contributed by atoms with Crippen molar-refractivity contribution in [2.45, 2.75) is 26.1 Å². The monoisotopic (exact) mass is 392 g/mol. The van der Waals surface area contributed by atoms with Crippen LogP contribution < -0.4 is 15.0 Å². The highest BCUT2D eigenvalue weighted by molar-refractivity contribution is 6.09. The molecule has 2 aromatic rings. The lowest BCUT2D eigenvalue weighted by Crippen LogP contribution is -2.19. The summed E-state index contributed by atoms with van der Waals surface area (Å²) in [4.78, 5) is 26.7. The minimum absolute atomic E-state index is 0.0140. The van der Waals surface area contributed by atoms with E-state index in [0.717, 1.165) is 43.8 Å². The molecule has 1 heterocycles. The first-order chi connectivity index (χ1) is 13.2. The number of carbonyl (C=O) groups is 2. The fourth-order valence-electron chi connectivity index (χ4n) is 3.13. The number of alkyl halides is 3. The van der Waals surface area contributed by atoms with Crippen LogP contribution in [0.25, 0.3) is 0 Å². The van der Waals surface area contributed by atoms with Crippen molar-refractivity contribution in [2.75, 3.05) is 23.3 Å². The number of Topliss-reactive ketones (excluding diaryl/α,β-unsaturated/α-hetero) is 1. The van der Waals surface area contributed by atoms with Crippen molar-refractivity contribution in [1.82, 2.24) is 0 Å². The van der Waals surface area contributed by atoms with Crippen molar-refractivity contribution in [3.63, 3.8) is 0 Å². The van der Waals surface area contributed by atoms with Gasteiger partial charge in [0.25, 0.3) is 5.91 Å². The molecule has 1 amide bonds. The average Bonchev–Trinajstić information content (AvgIpc) is 3.15. The van der Waals surface area contributed by atoms with Crippen molar-refractivity contribution in [3.05, 3.63) is 53.6 Å². The molecule has 0 saturated carbocycles. The molecule has 3 rings (SSSR count). The van der Waals surface area contributed by atoms with Crippen molar-refractivity contribution in [1.29, 1.82) is 0 Å². The Morgan fingerprint density at radius 1 is 1.07 bits per heavy atom. The summed E-state index contributed by atoms with van der Waals surface area (Å²) in [7, 11) is 0. The third kappa shape index (κ3) is 4.82. The smallest absolute Gasteiger partial charge is 0.406 e. The van der Waals surface area contributed by atoms with Gasteiger partial charge in [0.1, 0.15) is 5.75 Å². The van der Waals surface area contributed by atoms with E-state index in [-0.39, 0.29) is 11.3 Å². The van der Waals surface area contributed by atoms with Crippen LogP contribution in [0.5, 0.6) is 5.75 Å².